The molecular formula is C12H14ClN3O2. The van der Waals surface area contributed by atoms with Crippen LogP contribution in [0.15, 0.2) is 30.5 Å². The van der Waals surface area contributed by atoms with Crippen molar-refractivity contribution in [2.75, 3.05) is 0 Å². The largest absolute Gasteiger partial charge is 0.488 e. The zero-order valence-electron chi connectivity index (χ0n) is 10.1. The van der Waals surface area contributed by atoms with Crippen molar-refractivity contribution in [3.63, 3.8) is 0 Å². The van der Waals surface area contributed by atoms with E-state index in [1.807, 2.05) is 0 Å². The number of ether oxygens (including phenoxy) is 1. The van der Waals surface area contributed by atoms with Gasteiger partial charge >= 0.3 is 0 Å². The summed E-state index contributed by atoms with van der Waals surface area (Å²) in [5, 5.41) is 18.2. The Morgan fingerprint density at radius 3 is 2.83 bits per heavy atom. The standard InChI is InChI=1S/C12H14ClN3O2/c1-8(12(17)11-7-14-15-16(11)2)18-10-5-3-4-9(13)6-10/h3-8,12,17H,1-2H3. The quantitative estimate of drug-likeness (QED) is 0.920. The molecule has 0 amide bonds. The summed E-state index contributed by atoms with van der Waals surface area (Å²) >= 11 is 5.87. The number of hydrogen-bond donors (Lipinski definition) is 1. The van der Waals surface area contributed by atoms with Crippen LogP contribution in [0, 0.1) is 0 Å². The van der Waals surface area contributed by atoms with Gasteiger partial charge in [0.05, 0.1) is 11.9 Å². The van der Waals surface area contributed by atoms with Crippen LogP contribution >= 0.6 is 11.6 Å². The molecule has 1 N–H and O–H groups in total. The third-order valence-corrected chi connectivity index (χ3v) is 2.85. The van der Waals surface area contributed by atoms with Crippen molar-refractivity contribution in [1.82, 2.24) is 15.0 Å². The van der Waals surface area contributed by atoms with Gasteiger partial charge in [0.2, 0.25) is 0 Å². The summed E-state index contributed by atoms with van der Waals surface area (Å²) in [5.41, 5.74) is 0.601. The van der Waals surface area contributed by atoms with Crippen molar-refractivity contribution in [3.05, 3.63) is 41.2 Å². The van der Waals surface area contributed by atoms with Crippen molar-refractivity contribution in [2.45, 2.75) is 19.1 Å². The summed E-state index contributed by atoms with van der Waals surface area (Å²) in [7, 11) is 1.72. The molecule has 0 saturated carbocycles. The molecule has 96 valence electrons. The van der Waals surface area contributed by atoms with E-state index in [0.717, 1.165) is 0 Å². The summed E-state index contributed by atoms with van der Waals surface area (Å²) < 4.78 is 7.15. The molecule has 0 saturated heterocycles. The summed E-state index contributed by atoms with van der Waals surface area (Å²) in [6.07, 6.45) is 0.285. The molecular weight excluding hydrogens is 254 g/mol. The number of nitrogens with zero attached hydrogens (tertiary/aromatic N) is 3. The first-order valence-electron chi connectivity index (χ1n) is 5.53. The third-order valence-electron chi connectivity index (χ3n) is 2.62. The minimum atomic E-state index is -0.802. The summed E-state index contributed by atoms with van der Waals surface area (Å²) in [6, 6.07) is 7.05. The number of aliphatic hydroxyl groups excluding tert-OH is 1. The molecule has 2 unspecified atom stereocenters. The van der Waals surface area contributed by atoms with Gasteiger partial charge in [-0.2, -0.15) is 0 Å². The van der Waals surface area contributed by atoms with E-state index in [0.29, 0.717) is 16.5 Å². The first-order valence-corrected chi connectivity index (χ1v) is 5.90. The Bertz CT molecular complexity index is 530. The molecule has 0 aliphatic rings. The molecule has 0 bridgehead atoms. The zero-order valence-corrected chi connectivity index (χ0v) is 10.9. The summed E-state index contributed by atoms with van der Waals surface area (Å²) in [6.45, 7) is 1.78. The Kier molecular flexibility index (Phi) is 3.84. The summed E-state index contributed by atoms with van der Waals surface area (Å²) in [4.78, 5) is 0. The zero-order chi connectivity index (χ0) is 13.1. The van der Waals surface area contributed by atoms with Crippen LogP contribution in [0.5, 0.6) is 5.75 Å². The fourth-order valence-electron chi connectivity index (χ4n) is 1.63. The maximum absolute atomic E-state index is 10.1. The lowest BCUT2D eigenvalue weighted by molar-refractivity contribution is 0.0413. The Morgan fingerprint density at radius 2 is 2.22 bits per heavy atom. The Labute approximate surface area is 110 Å². The smallest absolute Gasteiger partial charge is 0.134 e. The second-order valence-electron chi connectivity index (χ2n) is 4.01. The van der Waals surface area contributed by atoms with Crippen LogP contribution in [0.3, 0.4) is 0 Å². The van der Waals surface area contributed by atoms with Crippen LogP contribution in [0.2, 0.25) is 5.02 Å². The van der Waals surface area contributed by atoms with E-state index < -0.39 is 12.2 Å². The monoisotopic (exact) mass is 267 g/mol. The van der Waals surface area contributed by atoms with Gasteiger partial charge in [0.15, 0.2) is 0 Å². The van der Waals surface area contributed by atoms with Crippen LogP contribution in [0.1, 0.15) is 18.7 Å². The van der Waals surface area contributed by atoms with E-state index >= 15 is 0 Å². The minimum absolute atomic E-state index is 0.430. The highest BCUT2D eigenvalue weighted by molar-refractivity contribution is 6.30. The maximum Gasteiger partial charge on any atom is 0.134 e. The molecule has 1 aromatic heterocycles. The average molecular weight is 268 g/mol. The first kappa shape index (κ1) is 12.9. The molecule has 0 aliphatic heterocycles. The molecule has 2 aromatic rings. The Balaban J connectivity index is 2.08. The molecule has 2 atom stereocenters. The third kappa shape index (κ3) is 2.80. The van der Waals surface area contributed by atoms with Crippen molar-refractivity contribution < 1.29 is 9.84 Å². The van der Waals surface area contributed by atoms with E-state index in [4.69, 9.17) is 16.3 Å². The van der Waals surface area contributed by atoms with Gasteiger partial charge in [-0.25, -0.2) is 4.68 Å². The lowest BCUT2D eigenvalue weighted by Crippen LogP contribution is -2.23. The first-order chi connectivity index (χ1) is 8.58. The van der Waals surface area contributed by atoms with Gasteiger partial charge in [-0.15, -0.1) is 5.10 Å². The lowest BCUT2D eigenvalue weighted by atomic mass is 10.1. The van der Waals surface area contributed by atoms with Crippen molar-refractivity contribution in [3.8, 4) is 5.75 Å². The Hall–Kier alpha value is -1.59. The van der Waals surface area contributed by atoms with Crippen LogP contribution in [-0.2, 0) is 7.05 Å². The maximum atomic E-state index is 10.1. The van der Waals surface area contributed by atoms with Crippen LogP contribution < -0.4 is 4.74 Å². The van der Waals surface area contributed by atoms with Gasteiger partial charge in [0, 0.05) is 12.1 Å². The van der Waals surface area contributed by atoms with E-state index in [2.05, 4.69) is 10.3 Å². The molecule has 0 aliphatic carbocycles. The van der Waals surface area contributed by atoms with Gasteiger partial charge in [-0.3, -0.25) is 0 Å². The number of aromatic nitrogens is 3. The van der Waals surface area contributed by atoms with Gasteiger partial charge in [0.1, 0.15) is 18.0 Å². The second-order valence-corrected chi connectivity index (χ2v) is 4.44. The number of halogens is 1. The van der Waals surface area contributed by atoms with Gasteiger partial charge in [-0.05, 0) is 25.1 Å². The van der Waals surface area contributed by atoms with Crippen molar-refractivity contribution >= 4 is 11.6 Å². The number of rotatable bonds is 4. The molecule has 2 rings (SSSR count). The number of aryl methyl sites for hydroxylation is 1. The van der Waals surface area contributed by atoms with Gasteiger partial charge < -0.3 is 9.84 Å². The Morgan fingerprint density at radius 1 is 1.44 bits per heavy atom. The highest BCUT2D eigenvalue weighted by Crippen LogP contribution is 2.23. The highest BCUT2D eigenvalue weighted by Gasteiger charge is 2.21. The molecule has 5 nitrogen and oxygen atoms in total. The van der Waals surface area contributed by atoms with Crippen LogP contribution in [0.25, 0.3) is 0 Å². The molecule has 0 radical (unpaired) electrons. The second kappa shape index (κ2) is 5.37. The molecule has 1 heterocycles. The minimum Gasteiger partial charge on any atom is -0.488 e. The van der Waals surface area contributed by atoms with E-state index in [9.17, 15) is 5.11 Å². The fourth-order valence-corrected chi connectivity index (χ4v) is 1.81. The van der Waals surface area contributed by atoms with Crippen molar-refractivity contribution in [2.24, 2.45) is 7.05 Å². The summed E-state index contributed by atoms with van der Waals surface area (Å²) in [5.74, 6) is 0.615. The normalized spacial score (nSPS) is 14.2. The predicted octanol–water partition coefficient (Wildman–Crippen LogP) is 1.97. The number of benzene rings is 1. The van der Waals surface area contributed by atoms with E-state index in [1.54, 1.807) is 38.2 Å². The highest BCUT2D eigenvalue weighted by atomic mass is 35.5. The van der Waals surface area contributed by atoms with Gasteiger partial charge in [0.25, 0.3) is 0 Å². The van der Waals surface area contributed by atoms with Crippen LogP contribution in [0.4, 0.5) is 0 Å². The van der Waals surface area contributed by atoms with Crippen LogP contribution in [-0.4, -0.2) is 26.2 Å². The van der Waals surface area contributed by atoms with E-state index in [1.165, 1.54) is 10.9 Å². The molecule has 6 heteroatoms. The lowest BCUT2D eigenvalue weighted by Gasteiger charge is -2.20. The predicted molar refractivity (Wildman–Crippen MR) is 67.5 cm³/mol. The molecule has 0 fully saturated rings. The van der Waals surface area contributed by atoms with E-state index in [-0.39, 0.29) is 0 Å². The number of hydrogen-bond acceptors (Lipinski definition) is 4. The van der Waals surface area contributed by atoms with Crippen molar-refractivity contribution in [1.29, 1.82) is 0 Å². The number of aliphatic hydroxyl groups is 1. The molecule has 0 spiro atoms. The average Bonchev–Trinajstić information content (AvgIpc) is 2.74. The molecule has 1 aromatic carbocycles. The SMILES string of the molecule is CC(Oc1cccc(Cl)c1)C(O)c1cnnn1C. The van der Waals surface area contributed by atoms with Gasteiger partial charge in [-0.1, -0.05) is 22.9 Å². The molecule has 18 heavy (non-hydrogen) atoms. The fraction of sp³-hybridized carbons (Fsp3) is 0.333. The topological polar surface area (TPSA) is 60.2 Å².